The fraction of sp³-hybridized carbons (Fsp3) is 0.280. The Labute approximate surface area is 285 Å². The van der Waals surface area contributed by atoms with Gasteiger partial charge in [0.2, 0.25) is 9.05 Å². The van der Waals surface area contributed by atoms with Gasteiger partial charge < -0.3 is 5.73 Å². The van der Waals surface area contributed by atoms with Crippen LogP contribution in [0.25, 0.3) is 0 Å². The van der Waals surface area contributed by atoms with Gasteiger partial charge in [0, 0.05) is 15.7 Å². The van der Waals surface area contributed by atoms with E-state index < -0.39 is 24.7 Å². The number of nitrogen functional groups attached to an aromatic ring is 1. The monoisotopic (exact) mass is 919 g/mol. The van der Waals surface area contributed by atoms with Gasteiger partial charge in [0.15, 0.2) is 9.84 Å². The SMILES string of the molecule is CCCS(=O)(=O)Cc1ccc(F)c(I)c1Cl.CCCS(=O)(=O)Cl.Fc1cccc(Cl)c1.Nc1ccc(F)c(I)c1Cl. The molecular formula is C25H26Cl4F3I2NO4S2. The molecule has 230 valence electrons. The summed E-state index contributed by atoms with van der Waals surface area (Å²) in [5, 5.41) is 0.922. The third-order valence-electron chi connectivity index (χ3n) is 4.31. The molecule has 0 amide bonds. The summed E-state index contributed by atoms with van der Waals surface area (Å²) in [6, 6.07) is 11.2. The fourth-order valence-electron chi connectivity index (χ4n) is 2.54. The Bertz CT molecular complexity index is 1460. The molecule has 3 rings (SSSR count). The van der Waals surface area contributed by atoms with Gasteiger partial charge in [-0.15, -0.1) is 0 Å². The third kappa shape index (κ3) is 17.6. The van der Waals surface area contributed by atoms with Gasteiger partial charge >= 0.3 is 0 Å². The first-order valence-electron chi connectivity index (χ1n) is 11.4. The summed E-state index contributed by atoms with van der Waals surface area (Å²) < 4.78 is 81.6. The number of hydrogen-bond acceptors (Lipinski definition) is 5. The smallest absolute Gasteiger partial charge is 0.232 e. The molecule has 3 aromatic carbocycles. The number of benzene rings is 3. The molecule has 0 radical (unpaired) electrons. The Morgan fingerprint density at radius 2 is 1.29 bits per heavy atom. The van der Waals surface area contributed by atoms with E-state index in [1.807, 2.05) is 22.6 Å². The Balaban J connectivity index is 0.000000553. The maximum Gasteiger partial charge on any atom is 0.232 e. The second-order valence-corrected chi connectivity index (χ2v) is 16.3. The summed E-state index contributed by atoms with van der Waals surface area (Å²) >= 11 is 20.5. The van der Waals surface area contributed by atoms with Gasteiger partial charge in [-0.1, -0.05) is 60.8 Å². The predicted molar refractivity (Wildman–Crippen MR) is 182 cm³/mol. The summed E-state index contributed by atoms with van der Waals surface area (Å²) in [6.07, 6.45) is 1.16. The highest BCUT2D eigenvalue weighted by Gasteiger charge is 2.16. The van der Waals surface area contributed by atoms with Crippen molar-refractivity contribution in [2.75, 3.05) is 17.2 Å². The van der Waals surface area contributed by atoms with Crippen LogP contribution in [0.15, 0.2) is 48.5 Å². The van der Waals surface area contributed by atoms with E-state index in [2.05, 4.69) is 0 Å². The molecule has 2 N–H and O–H groups in total. The second kappa shape index (κ2) is 19.9. The minimum Gasteiger partial charge on any atom is -0.397 e. The molecule has 41 heavy (non-hydrogen) atoms. The predicted octanol–water partition coefficient (Wildman–Crippen LogP) is 9.52. The molecule has 0 aliphatic rings. The van der Waals surface area contributed by atoms with Crippen molar-refractivity contribution in [3.63, 3.8) is 0 Å². The summed E-state index contributed by atoms with van der Waals surface area (Å²) in [6.45, 7) is 3.56. The van der Waals surface area contributed by atoms with Crippen molar-refractivity contribution in [3.05, 3.63) is 93.8 Å². The Morgan fingerprint density at radius 3 is 1.68 bits per heavy atom. The van der Waals surface area contributed by atoms with E-state index >= 15 is 0 Å². The standard InChI is InChI=1S/C10H11ClFIO2S.C6H4ClFIN.C6H4ClF.C3H7ClO2S/c1-2-5-16(14,15)6-7-3-4-8(12)10(13)9(7)11;7-5-4(10)2-1-3(8)6(5)9;7-5-2-1-3-6(8)4-5;1-2-3-7(4,5)6/h3-4H,2,5-6H2,1H3;1-2H,10H2;1-4H;2-3H2,1H3. The fourth-order valence-corrected chi connectivity index (χ4v) is 6.62. The van der Waals surface area contributed by atoms with Crippen molar-refractivity contribution in [2.45, 2.75) is 32.4 Å². The number of hydrogen-bond donors (Lipinski definition) is 1. The minimum absolute atomic E-state index is 0.0779. The second-order valence-electron chi connectivity index (χ2n) is 7.87. The topological polar surface area (TPSA) is 94.3 Å². The van der Waals surface area contributed by atoms with Crippen LogP contribution in [0.5, 0.6) is 0 Å². The van der Waals surface area contributed by atoms with E-state index in [4.69, 9.17) is 51.2 Å². The zero-order valence-electron chi connectivity index (χ0n) is 21.6. The Kier molecular flexibility index (Phi) is 19.8. The van der Waals surface area contributed by atoms with Crippen molar-refractivity contribution >= 4 is 115 Å². The van der Waals surface area contributed by atoms with Gasteiger partial charge in [0.1, 0.15) is 17.5 Å². The summed E-state index contributed by atoms with van der Waals surface area (Å²) in [7, 11) is -1.54. The van der Waals surface area contributed by atoms with Crippen molar-refractivity contribution in [2.24, 2.45) is 0 Å². The highest BCUT2D eigenvalue weighted by molar-refractivity contribution is 14.1. The van der Waals surface area contributed by atoms with Gasteiger partial charge in [-0.25, -0.2) is 30.0 Å². The highest BCUT2D eigenvalue weighted by Crippen LogP contribution is 2.27. The number of sulfone groups is 1. The molecule has 0 heterocycles. The highest BCUT2D eigenvalue weighted by atomic mass is 127. The number of nitrogens with two attached hydrogens (primary N) is 1. The summed E-state index contributed by atoms with van der Waals surface area (Å²) in [5.74, 6) is -0.985. The zero-order valence-corrected chi connectivity index (χ0v) is 30.6. The quantitative estimate of drug-likeness (QED) is 0.115. The average molecular weight is 921 g/mol. The van der Waals surface area contributed by atoms with Crippen LogP contribution in [0.4, 0.5) is 18.9 Å². The van der Waals surface area contributed by atoms with E-state index in [0.29, 0.717) is 37.7 Å². The van der Waals surface area contributed by atoms with Crippen LogP contribution in [-0.4, -0.2) is 28.3 Å². The lowest BCUT2D eigenvalue weighted by molar-refractivity contribution is 0.593. The molecule has 0 saturated heterocycles. The maximum atomic E-state index is 13.1. The lowest BCUT2D eigenvalue weighted by Gasteiger charge is -2.07. The molecule has 0 bridgehead atoms. The molecule has 5 nitrogen and oxygen atoms in total. The first-order valence-corrected chi connectivity index (χ1v) is 19.0. The zero-order chi connectivity index (χ0) is 32.0. The third-order valence-corrected chi connectivity index (χ3v) is 11.3. The molecule has 0 fully saturated rings. The van der Waals surface area contributed by atoms with Crippen LogP contribution in [0.1, 0.15) is 32.3 Å². The van der Waals surface area contributed by atoms with Crippen LogP contribution in [-0.2, 0) is 24.6 Å². The largest absolute Gasteiger partial charge is 0.397 e. The molecular weight excluding hydrogens is 895 g/mol. The molecule has 0 aromatic heterocycles. The Morgan fingerprint density at radius 1 is 0.780 bits per heavy atom. The van der Waals surface area contributed by atoms with E-state index in [9.17, 15) is 30.0 Å². The van der Waals surface area contributed by atoms with Gasteiger partial charge in [-0.3, -0.25) is 0 Å². The van der Waals surface area contributed by atoms with Gasteiger partial charge in [-0.05, 0) is 100.0 Å². The molecule has 0 aliphatic heterocycles. The molecule has 3 aromatic rings. The van der Waals surface area contributed by atoms with Crippen LogP contribution in [0, 0.1) is 24.6 Å². The number of rotatable bonds is 6. The molecule has 0 saturated carbocycles. The molecule has 16 heteroatoms. The van der Waals surface area contributed by atoms with Crippen molar-refractivity contribution in [1.29, 1.82) is 0 Å². The lowest BCUT2D eigenvalue weighted by Crippen LogP contribution is -2.09. The van der Waals surface area contributed by atoms with E-state index in [0.717, 1.165) is 0 Å². The van der Waals surface area contributed by atoms with Crippen LogP contribution in [0.3, 0.4) is 0 Å². The molecule has 0 spiro atoms. The van der Waals surface area contributed by atoms with Crippen molar-refractivity contribution < 1.29 is 30.0 Å². The Hall–Kier alpha value is -0.230. The lowest BCUT2D eigenvalue weighted by atomic mass is 10.2. The first kappa shape index (κ1) is 40.8. The van der Waals surface area contributed by atoms with Gasteiger partial charge in [0.25, 0.3) is 0 Å². The molecule has 0 atom stereocenters. The molecule has 0 unspecified atom stereocenters. The van der Waals surface area contributed by atoms with Crippen molar-refractivity contribution in [1.82, 2.24) is 0 Å². The maximum absolute atomic E-state index is 13.1. The van der Waals surface area contributed by atoms with E-state index in [1.54, 1.807) is 48.6 Å². The van der Waals surface area contributed by atoms with Crippen LogP contribution in [0.2, 0.25) is 15.1 Å². The van der Waals surface area contributed by atoms with Gasteiger partial charge in [0.05, 0.1) is 40.1 Å². The van der Waals surface area contributed by atoms with Crippen LogP contribution >= 0.6 is 90.7 Å². The molecule has 0 aliphatic carbocycles. The summed E-state index contributed by atoms with van der Waals surface area (Å²) in [5.41, 5.74) is 6.25. The van der Waals surface area contributed by atoms with E-state index in [-0.39, 0.29) is 37.5 Å². The average Bonchev–Trinajstić information content (AvgIpc) is 2.86. The minimum atomic E-state index is -3.20. The first-order chi connectivity index (χ1) is 18.8. The van der Waals surface area contributed by atoms with Crippen LogP contribution < -0.4 is 5.73 Å². The number of anilines is 1. The normalized spacial score (nSPS) is 10.8. The van der Waals surface area contributed by atoms with Gasteiger partial charge in [-0.2, -0.15) is 0 Å². The van der Waals surface area contributed by atoms with E-state index in [1.165, 1.54) is 36.4 Å². The van der Waals surface area contributed by atoms with Crippen molar-refractivity contribution in [3.8, 4) is 0 Å². The number of halogens is 9. The summed E-state index contributed by atoms with van der Waals surface area (Å²) in [4.78, 5) is 0.